The van der Waals surface area contributed by atoms with Gasteiger partial charge in [0.15, 0.2) is 5.17 Å². The number of fused-ring (bicyclic) bond motifs is 1. The van der Waals surface area contributed by atoms with Crippen molar-refractivity contribution in [3.05, 3.63) is 82.4 Å². The molecule has 2 aromatic heterocycles. The van der Waals surface area contributed by atoms with Crippen LogP contribution in [0.2, 0.25) is 0 Å². The van der Waals surface area contributed by atoms with Crippen LogP contribution in [0, 0.1) is 10.1 Å². The number of benzene rings is 1. The van der Waals surface area contributed by atoms with Crippen LogP contribution in [0.15, 0.2) is 70.2 Å². The maximum absolute atomic E-state index is 11.5. The molecule has 0 unspecified atom stereocenters. The van der Waals surface area contributed by atoms with Gasteiger partial charge in [0.25, 0.3) is 5.69 Å². The molecule has 3 atom stereocenters. The van der Waals surface area contributed by atoms with Crippen LogP contribution in [-0.4, -0.2) is 31.8 Å². The fourth-order valence-corrected chi connectivity index (χ4v) is 5.49. The van der Waals surface area contributed by atoms with E-state index in [-0.39, 0.29) is 22.7 Å². The van der Waals surface area contributed by atoms with E-state index in [2.05, 4.69) is 16.8 Å². The van der Waals surface area contributed by atoms with Crippen LogP contribution in [0.1, 0.15) is 36.9 Å². The number of nitro benzene ring substituents is 1. The minimum absolute atomic E-state index is 0.0335. The van der Waals surface area contributed by atoms with Crippen molar-refractivity contribution in [2.24, 2.45) is 4.99 Å². The number of hydrogen-bond donors (Lipinski definition) is 0. The number of furan rings is 1. The first-order valence-corrected chi connectivity index (χ1v) is 10.9. The minimum Gasteiger partial charge on any atom is -0.459 e. The highest BCUT2D eigenvalue weighted by atomic mass is 32.2. The minimum atomic E-state index is -0.380. The van der Waals surface area contributed by atoms with E-state index >= 15 is 0 Å². The predicted molar refractivity (Wildman–Crippen MR) is 116 cm³/mol. The van der Waals surface area contributed by atoms with Crippen LogP contribution >= 0.6 is 11.8 Å². The van der Waals surface area contributed by atoms with Crippen LogP contribution in [-0.2, 0) is 0 Å². The summed E-state index contributed by atoms with van der Waals surface area (Å²) in [6, 6.07) is 16.3. The number of rotatable bonds is 5. The van der Waals surface area contributed by atoms with Crippen LogP contribution < -0.4 is 0 Å². The van der Waals surface area contributed by atoms with Crippen molar-refractivity contribution < 1.29 is 9.34 Å². The zero-order valence-electron chi connectivity index (χ0n) is 16.3. The van der Waals surface area contributed by atoms with Crippen LogP contribution in [0.4, 0.5) is 5.69 Å². The van der Waals surface area contributed by atoms with Crippen molar-refractivity contribution in [2.45, 2.75) is 31.5 Å². The quantitative estimate of drug-likeness (QED) is 0.415. The second-order valence-electron chi connectivity index (χ2n) is 7.31. The molecular formula is C22H20N4O3S. The number of nitro groups is 1. The Morgan fingerprint density at radius 2 is 2.03 bits per heavy atom. The SMILES string of the molecule is CC[C@@H]1CSC2=N[C@@H](c3ccccn3)[C@@H](c3ccc(-c4ccccc4[N+](=O)[O-])o3)N21. The molecule has 0 spiro atoms. The number of hydrogen-bond acceptors (Lipinski definition) is 7. The smallest absolute Gasteiger partial charge is 0.280 e. The van der Waals surface area contributed by atoms with Crippen molar-refractivity contribution in [1.29, 1.82) is 0 Å². The summed E-state index contributed by atoms with van der Waals surface area (Å²) < 4.78 is 6.24. The van der Waals surface area contributed by atoms with Gasteiger partial charge in [0.1, 0.15) is 23.6 Å². The number of pyridine rings is 1. The predicted octanol–water partition coefficient (Wildman–Crippen LogP) is 5.23. The van der Waals surface area contributed by atoms with E-state index in [4.69, 9.17) is 9.41 Å². The Labute approximate surface area is 178 Å². The highest BCUT2D eigenvalue weighted by Crippen LogP contribution is 2.49. The number of aromatic nitrogens is 1. The molecule has 30 heavy (non-hydrogen) atoms. The molecule has 152 valence electrons. The normalized spacial score (nSPS) is 22.8. The highest BCUT2D eigenvalue weighted by molar-refractivity contribution is 8.14. The number of nitrogens with zero attached hydrogens (tertiary/aromatic N) is 4. The summed E-state index contributed by atoms with van der Waals surface area (Å²) in [5, 5.41) is 12.5. The van der Waals surface area contributed by atoms with E-state index in [1.165, 1.54) is 6.07 Å². The first kappa shape index (κ1) is 18.9. The summed E-state index contributed by atoms with van der Waals surface area (Å²) in [4.78, 5) is 22.9. The lowest BCUT2D eigenvalue weighted by Gasteiger charge is -2.30. The van der Waals surface area contributed by atoms with Gasteiger partial charge in [0, 0.05) is 24.1 Å². The summed E-state index contributed by atoms with van der Waals surface area (Å²) in [6.45, 7) is 2.18. The van der Waals surface area contributed by atoms with Crippen molar-refractivity contribution in [3.8, 4) is 11.3 Å². The van der Waals surface area contributed by atoms with E-state index in [1.54, 1.807) is 36.2 Å². The van der Waals surface area contributed by atoms with E-state index in [1.807, 2.05) is 30.3 Å². The van der Waals surface area contributed by atoms with Crippen LogP contribution in [0.25, 0.3) is 11.3 Å². The Kier molecular flexibility index (Phi) is 4.78. The average molecular weight is 420 g/mol. The van der Waals surface area contributed by atoms with E-state index < -0.39 is 0 Å². The molecule has 0 aliphatic carbocycles. The highest BCUT2D eigenvalue weighted by Gasteiger charge is 2.47. The molecule has 0 bridgehead atoms. The fourth-order valence-electron chi connectivity index (χ4n) is 4.16. The van der Waals surface area contributed by atoms with Gasteiger partial charge in [-0.2, -0.15) is 0 Å². The van der Waals surface area contributed by atoms with E-state index in [0.717, 1.165) is 28.8 Å². The van der Waals surface area contributed by atoms with Gasteiger partial charge in [-0.3, -0.25) is 15.1 Å². The van der Waals surface area contributed by atoms with Gasteiger partial charge in [0.2, 0.25) is 0 Å². The fraction of sp³-hybridized carbons (Fsp3) is 0.273. The molecule has 1 fully saturated rings. The van der Waals surface area contributed by atoms with Gasteiger partial charge in [-0.05, 0) is 36.8 Å². The Bertz CT molecular complexity index is 1110. The van der Waals surface area contributed by atoms with Gasteiger partial charge in [-0.1, -0.05) is 36.9 Å². The third-order valence-corrected chi connectivity index (χ3v) is 6.74. The molecule has 0 saturated carbocycles. The molecular weight excluding hydrogens is 400 g/mol. The second-order valence-corrected chi connectivity index (χ2v) is 8.30. The second kappa shape index (κ2) is 7.60. The molecule has 0 N–H and O–H groups in total. The molecule has 0 amide bonds. The zero-order chi connectivity index (χ0) is 20.7. The summed E-state index contributed by atoms with van der Waals surface area (Å²) in [6.07, 6.45) is 2.79. The number of aliphatic imine (C=N–C) groups is 1. The molecule has 4 heterocycles. The molecule has 3 aromatic rings. The number of amidine groups is 1. The largest absolute Gasteiger partial charge is 0.459 e. The van der Waals surface area contributed by atoms with Crippen molar-refractivity contribution in [3.63, 3.8) is 0 Å². The van der Waals surface area contributed by atoms with E-state index in [0.29, 0.717) is 17.4 Å². The third-order valence-electron chi connectivity index (χ3n) is 5.61. The summed E-state index contributed by atoms with van der Waals surface area (Å²) >= 11 is 1.77. The first-order chi connectivity index (χ1) is 14.7. The topological polar surface area (TPSA) is 84.8 Å². The molecule has 5 rings (SSSR count). The summed E-state index contributed by atoms with van der Waals surface area (Å²) in [5.74, 6) is 2.24. The Hall–Kier alpha value is -3.13. The Balaban J connectivity index is 1.57. The van der Waals surface area contributed by atoms with Crippen LogP contribution in [0.5, 0.6) is 0 Å². The maximum atomic E-state index is 11.5. The van der Waals surface area contributed by atoms with Gasteiger partial charge >= 0.3 is 0 Å². The van der Waals surface area contributed by atoms with Crippen molar-refractivity contribution >= 4 is 22.6 Å². The Morgan fingerprint density at radius 3 is 2.80 bits per heavy atom. The van der Waals surface area contributed by atoms with Gasteiger partial charge in [-0.15, -0.1) is 0 Å². The summed E-state index contributed by atoms with van der Waals surface area (Å²) in [5.41, 5.74) is 1.40. The monoisotopic (exact) mass is 420 g/mol. The van der Waals surface area contributed by atoms with E-state index in [9.17, 15) is 10.1 Å². The summed E-state index contributed by atoms with van der Waals surface area (Å²) in [7, 11) is 0. The van der Waals surface area contributed by atoms with Crippen LogP contribution in [0.3, 0.4) is 0 Å². The van der Waals surface area contributed by atoms with Crippen molar-refractivity contribution in [1.82, 2.24) is 9.88 Å². The molecule has 1 aromatic carbocycles. The molecule has 0 radical (unpaired) electrons. The first-order valence-electron chi connectivity index (χ1n) is 9.90. The zero-order valence-corrected chi connectivity index (χ0v) is 17.2. The van der Waals surface area contributed by atoms with Gasteiger partial charge in [0.05, 0.1) is 16.2 Å². The van der Waals surface area contributed by atoms with Gasteiger partial charge in [-0.25, -0.2) is 4.99 Å². The Morgan fingerprint density at radius 1 is 1.20 bits per heavy atom. The average Bonchev–Trinajstić information content (AvgIpc) is 3.49. The lowest BCUT2D eigenvalue weighted by molar-refractivity contribution is -0.384. The molecule has 8 heteroatoms. The standard InChI is InChI=1S/C22H20N4O3S/c1-2-14-13-30-22-24-20(16-8-5-6-12-23-16)21(25(14)22)19-11-10-18(29-19)15-7-3-4-9-17(15)26(27)28/h3-12,14,20-21H,2,13H2,1H3/t14-,20+,21-/m1/s1. The van der Waals surface area contributed by atoms with Crippen molar-refractivity contribution in [2.75, 3.05) is 5.75 Å². The maximum Gasteiger partial charge on any atom is 0.280 e. The number of thioether (sulfide) groups is 1. The molecule has 2 aliphatic rings. The number of para-hydroxylation sites is 1. The molecule has 7 nitrogen and oxygen atoms in total. The van der Waals surface area contributed by atoms with Gasteiger partial charge < -0.3 is 9.32 Å². The molecule has 1 saturated heterocycles. The lowest BCUT2D eigenvalue weighted by atomic mass is 10.0. The lowest BCUT2D eigenvalue weighted by Crippen LogP contribution is -2.35. The molecule has 2 aliphatic heterocycles. The third kappa shape index (κ3) is 3.08.